The van der Waals surface area contributed by atoms with Crippen LogP contribution in [0.15, 0.2) is 53.9 Å². The van der Waals surface area contributed by atoms with Crippen molar-refractivity contribution in [3.8, 4) is 23.3 Å². The predicted molar refractivity (Wildman–Crippen MR) is 89.6 cm³/mol. The molecular formula is C19H18N2O3. The maximum Gasteiger partial charge on any atom is 0.205 e. The van der Waals surface area contributed by atoms with Crippen molar-refractivity contribution < 1.29 is 14.6 Å². The van der Waals surface area contributed by atoms with Gasteiger partial charge in [0.2, 0.25) is 5.88 Å². The summed E-state index contributed by atoms with van der Waals surface area (Å²) in [7, 11) is 0. The van der Waals surface area contributed by atoms with Gasteiger partial charge in [0.1, 0.15) is 28.9 Å². The van der Waals surface area contributed by atoms with Crippen molar-refractivity contribution in [1.29, 1.82) is 5.26 Å². The third kappa shape index (κ3) is 2.86. The molecule has 1 atom stereocenters. The van der Waals surface area contributed by atoms with Gasteiger partial charge in [0.15, 0.2) is 0 Å². The third-order valence-electron chi connectivity index (χ3n) is 3.89. The fourth-order valence-corrected chi connectivity index (χ4v) is 2.76. The molecule has 1 aliphatic heterocycles. The zero-order valence-electron chi connectivity index (χ0n) is 13.3. The maximum absolute atomic E-state index is 9.65. The Bertz CT molecular complexity index is 819. The summed E-state index contributed by atoms with van der Waals surface area (Å²) in [5.74, 6) is 1.06. The second-order valence-electron chi connectivity index (χ2n) is 5.56. The molecule has 5 heteroatoms. The van der Waals surface area contributed by atoms with E-state index in [0.29, 0.717) is 17.9 Å². The smallest absolute Gasteiger partial charge is 0.205 e. The van der Waals surface area contributed by atoms with Gasteiger partial charge in [-0.3, -0.25) is 0 Å². The quantitative estimate of drug-likeness (QED) is 0.900. The van der Waals surface area contributed by atoms with Gasteiger partial charge in [0.25, 0.3) is 0 Å². The number of nitrogens with zero attached hydrogens (tertiary/aromatic N) is 1. The first-order valence-corrected chi connectivity index (χ1v) is 7.77. The van der Waals surface area contributed by atoms with E-state index in [2.05, 4.69) is 13.0 Å². The molecule has 24 heavy (non-hydrogen) atoms. The minimum Gasteiger partial charge on any atom is -0.508 e. The normalized spacial score (nSPS) is 16.1. The van der Waals surface area contributed by atoms with Gasteiger partial charge < -0.3 is 20.3 Å². The lowest BCUT2D eigenvalue weighted by Crippen LogP contribution is -2.20. The molecule has 0 bridgehead atoms. The highest BCUT2D eigenvalue weighted by atomic mass is 16.5. The molecule has 0 amide bonds. The summed E-state index contributed by atoms with van der Waals surface area (Å²) in [5, 5.41) is 19.2. The van der Waals surface area contributed by atoms with Crippen LogP contribution in [0.4, 0.5) is 0 Å². The van der Waals surface area contributed by atoms with E-state index in [-0.39, 0.29) is 17.6 Å². The van der Waals surface area contributed by atoms with Crippen LogP contribution in [0.3, 0.4) is 0 Å². The number of phenols is 1. The number of aromatic hydroxyl groups is 1. The van der Waals surface area contributed by atoms with Gasteiger partial charge >= 0.3 is 0 Å². The van der Waals surface area contributed by atoms with Gasteiger partial charge in [-0.2, -0.15) is 5.26 Å². The first-order chi connectivity index (χ1) is 11.6. The number of phenolic OH excluding ortho intramolecular Hbond substituents is 1. The Morgan fingerprint density at radius 1 is 1.25 bits per heavy atom. The first-order valence-electron chi connectivity index (χ1n) is 7.77. The van der Waals surface area contributed by atoms with E-state index in [1.807, 2.05) is 24.3 Å². The fraction of sp³-hybridized carbons (Fsp3) is 0.211. The van der Waals surface area contributed by atoms with Crippen LogP contribution in [0.5, 0.6) is 17.2 Å². The van der Waals surface area contributed by atoms with Crippen molar-refractivity contribution in [2.45, 2.75) is 19.3 Å². The van der Waals surface area contributed by atoms with Crippen molar-refractivity contribution in [2.24, 2.45) is 5.73 Å². The molecule has 0 aliphatic carbocycles. The van der Waals surface area contributed by atoms with Crippen LogP contribution in [0.25, 0.3) is 0 Å². The van der Waals surface area contributed by atoms with Crippen LogP contribution in [0.2, 0.25) is 0 Å². The molecule has 2 aromatic rings. The monoisotopic (exact) mass is 322 g/mol. The number of nitriles is 1. The second kappa shape index (κ2) is 6.55. The molecule has 1 unspecified atom stereocenters. The highest BCUT2D eigenvalue weighted by molar-refractivity contribution is 5.57. The average Bonchev–Trinajstić information content (AvgIpc) is 2.59. The van der Waals surface area contributed by atoms with Crippen LogP contribution in [0.1, 0.15) is 30.4 Å². The van der Waals surface area contributed by atoms with Crippen LogP contribution in [0, 0.1) is 11.3 Å². The van der Waals surface area contributed by atoms with E-state index in [1.165, 1.54) is 6.07 Å². The Kier molecular flexibility index (Phi) is 4.30. The molecule has 0 saturated carbocycles. The number of hydrogen-bond acceptors (Lipinski definition) is 5. The summed E-state index contributed by atoms with van der Waals surface area (Å²) >= 11 is 0. The SMILES string of the molecule is CCCOc1ccc(C2C(C#N)=C(N)Oc3cc(O)ccc32)cc1. The van der Waals surface area contributed by atoms with E-state index in [1.54, 1.807) is 12.1 Å². The Morgan fingerprint density at radius 3 is 2.67 bits per heavy atom. The first kappa shape index (κ1) is 15.8. The molecule has 1 aliphatic rings. The summed E-state index contributed by atoms with van der Waals surface area (Å²) in [6, 6.07) is 14.6. The Balaban J connectivity index is 2.03. The number of ether oxygens (including phenoxy) is 2. The minimum absolute atomic E-state index is 0.0620. The highest BCUT2D eigenvalue weighted by Gasteiger charge is 2.30. The number of rotatable bonds is 4. The molecule has 2 aromatic carbocycles. The van der Waals surface area contributed by atoms with Gasteiger partial charge in [0, 0.05) is 11.6 Å². The zero-order valence-corrected chi connectivity index (χ0v) is 13.3. The molecule has 0 saturated heterocycles. The van der Waals surface area contributed by atoms with E-state index in [9.17, 15) is 10.4 Å². The number of fused-ring (bicyclic) bond motifs is 1. The van der Waals surface area contributed by atoms with Crippen LogP contribution in [-0.2, 0) is 0 Å². The van der Waals surface area contributed by atoms with Gasteiger partial charge in [-0.1, -0.05) is 25.1 Å². The van der Waals surface area contributed by atoms with Crippen molar-refractivity contribution in [2.75, 3.05) is 6.61 Å². The van der Waals surface area contributed by atoms with Crippen LogP contribution in [-0.4, -0.2) is 11.7 Å². The molecule has 0 aromatic heterocycles. The number of allylic oxidation sites excluding steroid dienone is 1. The Labute approximate surface area is 140 Å². The Hall–Kier alpha value is -3.13. The molecule has 3 rings (SSSR count). The summed E-state index contributed by atoms with van der Waals surface area (Å²) in [6.07, 6.45) is 0.941. The minimum atomic E-state index is -0.334. The van der Waals surface area contributed by atoms with E-state index in [4.69, 9.17) is 15.2 Å². The number of hydrogen-bond donors (Lipinski definition) is 2. The summed E-state index contributed by atoms with van der Waals surface area (Å²) in [6.45, 7) is 2.71. The summed E-state index contributed by atoms with van der Waals surface area (Å²) in [5.41, 5.74) is 7.97. The van der Waals surface area contributed by atoms with Crippen molar-refractivity contribution in [3.63, 3.8) is 0 Å². The molecule has 0 fully saturated rings. The Morgan fingerprint density at radius 2 is 2.00 bits per heavy atom. The highest BCUT2D eigenvalue weighted by Crippen LogP contribution is 2.43. The fourth-order valence-electron chi connectivity index (χ4n) is 2.76. The third-order valence-corrected chi connectivity index (χ3v) is 3.89. The molecule has 122 valence electrons. The largest absolute Gasteiger partial charge is 0.508 e. The lowest BCUT2D eigenvalue weighted by Gasteiger charge is -2.26. The molecule has 5 nitrogen and oxygen atoms in total. The zero-order chi connectivity index (χ0) is 17.1. The van der Waals surface area contributed by atoms with Crippen LogP contribution >= 0.6 is 0 Å². The van der Waals surface area contributed by atoms with Crippen LogP contribution < -0.4 is 15.2 Å². The molecule has 3 N–H and O–H groups in total. The van der Waals surface area contributed by atoms with E-state index in [0.717, 1.165) is 23.3 Å². The van der Waals surface area contributed by atoms with Gasteiger partial charge in [-0.15, -0.1) is 0 Å². The van der Waals surface area contributed by atoms with Crippen molar-refractivity contribution >= 4 is 0 Å². The topological polar surface area (TPSA) is 88.5 Å². The van der Waals surface area contributed by atoms with E-state index < -0.39 is 0 Å². The second-order valence-corrected chi connectivity index (χ2v) is 5.56. The molecule has 0 spiro atoms. The van der Waals surface area contributed by atoms with Gasteiger partial charge in [0.05, 0.1) is 12.5 Å². The van der Waals surface area contributed by atoms with Crippen molar-refractivity contribution in [3.05, 3.63) is 65.0 Å². The molecule has 0 radical (unpaired) electrons. The lowest BCUT2D eigenvalue weighted by molar-refractivity contribution is 0.317. The van der Waals surface area contributed by atoms with E-state index >= 15 is 0 Å². The van der Waals surface area contributed by atoms with Crippen molar-refractivity contribution in [1.82, 2.24) is 0 Å². The maximum atomic E-state index is 9.65. The predicted octanol–water partition coefficient (Wildman–Crippen LogP) is 3.40. The summed E-state index contributed by atoms with van der Waals surface area (Å²) < 4.78 is 11.1. The molecule has 1 heterocycles. The lowest BCUT2D eigenvalue weighted by atomic mass is 9.83. The van der Waals surface area contributed by atoms with Gasteiger partial charge in [-0.25, -0.2) is 0 Å². The standard InChI is InChI=1S/C19H18N2O3/c1-2-9-23-14-6-3-12(4-7-14)18-15-8-5-13(22)10-17(15)24-19(21)16(18)11-20/h3-8,10,18,22H,2,9,21H2,1H3. The summed E-state index contributed by atoms with van der Waals surface area (Å²) in [4.78, 5) is 0. The number of nitrogens with two attached hydrogens (primary N) is 1. The number of benzene rings is 2. The average molecular weight is 322 g/mol. The molecular weight excluding hydrogens is 304 g/mol. The van der Waals surface area contributed by atoms with Gasteiger partial charge in [-0.05, 0) is 30.2 Å².